The molecule has 0 spiro atoms. The highest BCUT2D eigenvalue weighted by molar-refractivity contribution is 6.01. The molecule has 0 bridgehead atoms. The van der Waals surface area contributed by atoms with E-state index in [2.05, 4.69) is 15.4 Å². The van der Waals surface area contributed by atoms with Gasteiger partial charge in [-0.3, -0.25) is 0 Å². The molecule has 0 aliphatic rings. The first kappa shape index (κ1) is 12.2. The summed E-state index contributed by atoms with van der Waals surface area (Å²) in [7, 11) is 3.45. The van der Waals surface area contributed by atoms with E-state index in [1.807, 2.05) is 11.9 Å². The molecule has 1 rings (SSSR count). The van der Waals surface area contributed by atoms with Crippen molar-refractivity contribution in [3.8, 4) is 0 Å². The third-order valence-corrected chi connectivity index (χ3v) is 2.08. The maximum Gasteiger partial charge on any atom is 0.173 e. The molecule has 1 heterocycles. The predicted octanol–water partition coefficient (Wildman–Crippen LogP) is -0.346. The number of nitrogens with zero attached hydrogens (tertiary/aromatic N) is 4. The van der Waals surface area contributed by atoms with Crippen LogP contribution in [-0.4, -0.2) is 48.5 Å². The normalized spacial score (nSPS) is 11.5. The van der Waals surface area contributed by atoms with Crippen LogP contribution in [0, 0.1) is 0 Å². The molecule has 0 aliphatic heterocycles. The van der Waals surface area contributed by atoms with Gasteiger partial charge in [0.25, 0.3) is 0 Å². The molecule has 7 nitrogen and oxygen atoms in total. The smallest absolute Gasteiger partial charge is 0.173 e. The molecular formula is C9H15N5O2. The average Bonchev–Trinajstić information content (AvgIpc) is 2.35. The maximum absolute atomic E-state index is 8.64. The zero-order valence-corrected chi connectivity index (χ0v) is 9.29. The van der Waals surface area contributed by atoms with Crippen molar-refractivity contribution >= 4 is 11.7 Å². The van der Waals surface area contributed by atoms with Crippen LogP contribution in [0.3, 0.4) is 0 Å². The second kappa shape index (κ2) is 5.86. The summed E-state index contributed by atoms with van der Waals surface area (Å²) in [6.07, 6.45) is 1.49. The first-order valence-electron chi connectivity index (χ1n) is 4.70. The van der Waals surface area contributed by atoms with Crippen molar-refractivity contribution in [3.63, 3.8) is 0 Å². The minimum absolute atomic E-state index is 0.00849. The van der Waals surface area contributed by atoms with E-state index in [1.54, 1.807) is 13.2 Å². The number of likely N-dealkylation sites (N-methyl/N-ethyl adjacent to an activating group) is 1. The Morgan fingerprint density at radius 3 is 3.06 bits per heavy atom. The molecule has 0 saturated heterocycles. The summed E-state index contributed by atoms with van der Waals surface area (Å²) in [6, 6.07) is 1.64. The summed E-state index contributed by atoms with van der Waals surface area (Å²) < 4.78 is 4.96. The van der Waals surface area contributed by atoms with Crippen LogP contribution in [0.15, 0.2) is 17.4 Å². The maximum atomic E-state index is 8.64. The van der Waals surface area contributed by atoms with Crippen molar-refractivity contribution < 1.29 is 9.94 Å². The molecule has 0 atom stereocenters. The molecule has 0 aliphatic carbocycles. The van der Waals surface area contributed by atoms with E-state index in [1.165, 1.54) is 6.20 Å². The number of anilines is 1. The molecule has 1 aromatic rings. The van der Waals surface area contributed by atoms with Gasteiger partial charge < -0.3 is 20.6 Å². The Labute approximate surface area is 93.5 Å². The van der Waals surface area contributed by atoms with Gasteiger partial charge in [0.15, 0.2) is 11.7 Å². The van der Waals surface area contributed by atoms with Crippen LogP contribution in [0.5, 0.6) is 0 Å². The van der Waals surface area contributed by atoms with Gasteiger partial charge in [0.1, 0.15) is 0 Å². The predicted molar refractivity (Wildman–Crippen MR) is 59.7 cm³/mol. The molecule has 7 heteroatoms. The zero-order valence-electron chi connectivity index (χ0n) is 9.29. The Morgan fingerprint density at radius 1 is 1.69 bits per heavy atom. The Kier molecular flexibility index (Phi) is 4.46. The van der Waals surface area contributed by atoms with E-state index >= 15 is 0 Å². The van der Waals surface area contributed by atoms with Gasteiger partial charge in [-0.2, -0.15) is 5.10 Å². The lowest BCUT2D eigenvalue weighted by Gasteiger charge is -2.19. The van der Waals surface area contributed by atoms with Gasteiger partial charge in [-0.15, -0.1) is 5.10 Å². The fourth-order valence-electron chi connectivity index (χ4n) is 1.19. The lowest BCUT2D eigenvalue weighted by molar-refractivity contribution is 0.206. The van der Waals surface area contributed by atoms with Crippen molar-refractivity contribution in [1.82, 2.24) is 10.2 Å². The Hall–Kier alpha value is -1.89. The quantitative estimate of drug-likeness (QED) is 0.308. The fraction of sp³-hybridized carbons (Fsp3) is 0.444. The fourth-order valence-corrected chi connectivity index (χ4v) is 1.19. The Morgan fingerprint density at radius 2 is 2.44 bits per heavy atom. The van der Waals surface area contributed by atoms with Crippen molar-refractivity contribution in [2.75, 3.05) is 32.2 Å². The summed E-state index contributed by atoms with van der Waals surface area (Å²) in [4.78, 5) is 1.82. The topological polar surface area (TPSA) is 96.9 Å². The summed E-state index contributed by atoms with van der Waals surface area (Å²) >= 11 is 0. The number of rotatable bonds is 5. The van der Waals surface area contributed by atoms with E-state index in [-0.39, 0.29) is 5.84 Å². The van der Waals surface area contributed by atoms with Gasteiger partial charge in [-0.1, -0.05) is 5.16 Å². The Balaban J connectivity index is 2.94. The van der Waals surface area contributed by atoms with Gasteiger partial charge in [-0.05, 0) is 6.07 Å². The van der Waals surface area contributed by atoms with Crippen molar-refractivity contribution in [3.05, 3.63) is 17.8 Å². The molecule has 0 amide bonds. The average molecular weight is 225 g/mol. The minimum atomic E-state index is 0.00849. The number of methoxy groups -OCH3 is 1. The van der Waals surface area contributed by atoms with E-state index in [9.17, 15) is 0 Å². The van der Waals surface area contributed by atoms with Gasteiger partial charge in [-0.25, -0.2) is 0 Å². The first-order valence-corrected chi connectivity index (χ1v) is 4.70. The highest BCUT2D eigenvalue weighted by Crippen LogP contribution is 2.13. The number of nitrogens with two attached hydrogens (primary N) is 1. The van der Waals surface area contributed by atoms with Crippen LogP contribution in [0.1, 0.15) is 5.56 Å². The van der Waals surface area contributed by atoms with Crippen LogP contribution in [-0.2, 0) is 4.74 Å². The molecule has 0 radical (unpaired) electrons. The summed E-state index contributed by atoms with van der Waals surface area (Å²) in [5.74, 6) is 0.559. The van der Waals surface area contributed by atoms with Crippen LogP contribution in [0.2, 0.25) is 0 Å². The number of amidine groups is 1. The van der Waals surface area contributed by atoms with Crippen molar-refractivity contribution in [2.45, 2.75) is 0 Å². The number of hydrogen-bond acceptors (Lipinski definition) is 6. The molecule has 3 N–H and O–H groups in total. The first-order chi connectivity index (χ1) is 7.70. The number of ether oxygens (including phenoxy) is 1. The van der Waals surface area contributed by atoms with Crippen molar-refractivity contribution in [1.29, 1.82) is 0 Å². The van der Waals surface area contributed by atoms with Crippen LogP contribution < -0.4 is 10.6 Å². The second-order valence-corrected chi connectivity index (χ2v) is 3.17. The highest BCUT2D eigenvalue weighted by Gasteiger charge is 2.12. The molecule has 0 unspecified atom stereocenters. The molecule has 0 aromatic carbocycles. The largest absolute Gasteiger partial charge is 0.409 e. The minimum Gasteiger partial charge on any atom is -0.409 e. The number of hydrogen-bond donors (Lipinski definition) is 2. The second-order valence-electron chi connectivity index (χ2n) is 3.17. The standard InChI is InChI=1S/C9H15N5O2/c1-14(5-6-16-2)9-7(8(10)13-15)3-4-11-12-9/h3-4,15H,5-6H2,1-2H3,(H2,10,13). The lowest BCUT2D eigenvalue weighted by Crippen LogP contribution is -2.27. The monoisotopic (exact) mass is 225 g/mol. The van der Waals surface area contributed by atoms with Gasteiger partial charge in [0, 0.05) is 20.7 Å². The highest BCUT2D eigenvalue weighted by atomic mass is 16.5. The number of oxime groups is 1. The SMILES string of the molecule is COCCN(C)c1nnccc1/C(N)=N/O. The van der Waals surface area contributed by atoms with Crippen LogP contribution in [0.25, 0.3) is 0 Å². The zero-order chi connectivity index (χ0) is 12.0. The van der Waals surface area contributed by atoms with Crippen molar-refractivity contribution in [2.24, 2.45) is 10.9 Å². The van der Waals surface area contributed by atoms with Gasteiger partial charge >= 0.3 is 0 Å². The summed E-state index contributed by atoms with van der Waals surface area (Å²) in [6.45, 7) is 1.20. The molecule has 88 valence electrons. The van der Waals surface area contributed by atoms with E-state index in [0.29, 0.717) is 24.5 Å². The van der Waals surface area contributed by atoms with E-state index < -0.39 is 0 Å². The van der Waals surface area contributed by atoms with Gasteiger partial charge in [0.2, 0.25) is 0 Å². The molecule has 1 aromatic heterocycles. The van der Waals surface area contributed by atoms with Crippen LogP contribution in [0.4, 0.5) is 5.82 Å². The Bertz CT molecular complexity index is 369. The molecular weight excluding hydrogens is 210 g/mol. The van der Waals surface area contributed by atoms with Gasteiger partial charge in [0.05, 0.1) is 18.4 Å². The lowest BCUT2D eigenvalue weighted by atomic mass is 10.2. The molecule has 0 fully saturated rings. The van der Waals surface area contributed by atoms with E-state index in [0.717, 1.165) is 0 Å². The summed E-state index contributed by atoms with van der Waals surface area (Å²) in [5.41, 5.74) is 6.07. The van der Waals surface area contributed by atoms with Crippen LogP contribution >= 0.6 is 0 Å². The molecule has 16 heavy (non-hydrogen) atoms. The summed E-state index contributed by atoms with van der Waals surface area (Å²) in [5, 5.41) is 19.3. The molecule has 0 saturated carbocycles. The third kappa shape index (κ3) is 2.80. The number of aromatic nitrogens is 2. The van der Waals surface area contributed by atoms with E-state index in [4.69, 9.17) is 15.7 Å². The third-order valence-electron chi connectivity index (χ3n) is 2.08.